The normalized spacial score (nSPS) is 11.1. The van der Waals surface area contributed by atoms with Gasteiger partial charge in [0.1, 0.15) is 11.6 Å². The highest BCUT2D eigenvalue weighted by molar-refractivity contribution is 5.80. The fourth-order valence-electron chi connectivity index (χ4n) is 2.22. The maximum absolute atomic E-state index is 9.57. The Morgan fingerprint density at radius 3 is 2.74 bits per heavy atom. The average molecular weight is 252 g/mol. The minimum Gasteiger partial charge on any atom is -0.508 e. The number of hydrogen-bond acceptors (Lipinski definition) is 2. The molecular weight excluding hydrogens is 236 g/mol. The molecule has 0 atom stereocenters. The molecule has 3 aromatic rings. The first-order valence-corrected chi connectivity index (χ1v) is 6.46. The van der Waals surface area contributed by atoms with E-state index in [4.69, 9.17) is 0 Å². The highest BCUT2D eigenvalue weighted by Crippen LogP contribution is 2.25. The molecule has 2 aromatic carbocycles. The van der Waals surface area contributed by atoms with Gasteiger partial charge >= 0.3 is 0 Å². The lowest BCUT2D eigenvalue weighted by atomic mass is 10.1. The molecule has 0 amide bonds. The topological polar surface area (TPSA) is 48.9 Å². The summed E-state index contributed by atoms with van der Waals surface area (Å²) in [7, 11) is 0. The smallest absolute Gasteiger partial charge is 0.138 e. The molecule has 0 spiro atoms. The number of nitrogens with one attached hydrogen (secondary N) is 1. The van der Waals surface area contributed by atoms with E-state index in [0.29, 0.717) is 5.75 Å². The van der Waals surface area contributed by atoms with Crippen LogP contribution in [0.25, 0.3) is 22.4 Å². The third kappa shape index (κ3) is 2.08. The average Bonchev–Trinajstić information content (AvgIpc) is 2.84. The van der Waals surface area contributed by atoms with E-state index in [0.717, 1.165) is 34.4 Å². The van der Waals surface area contributed by atoms with Crippen LogP contribution in [-0.4, -0.2) is 15.1 Å². The second-order valence-electron chi connectivity index (χ2n) is 4.79. The summed E-state index contributed by atoms with van der Waals surface area (Å²) >= 11 is 0. The summed E-state index contributed by atoms with van der Waals surface area (Å²) in [5.74, 6) is 1.15. The lowest BCUT2D eigenvalue weighted by Gasteiger charge is -2.01. The summed E-state index contributed by atoms with van der Waals surface area (Å²) in [6, 6.07) is 11.8. The zero-order chi connectivity index (χ0) is 13.4. The van der Waals surface area contributed by atoms with Gasteiger partial charge in [-0.3, -0.25) is 0 Å². The van der Waals surface area contributed by atoms with Gasteiger partial charge in [0.25, 0.3) is 0 Å². The Kier molecular flexibility index (Phi) is 2.75. The van der Waals surface area contributed by atoms with Gasteiger partial charge in [-0.15, -0.1) is 0 Å². The number of rotatable bonds is 2. The van der Waals surface area contributed by atoms with Crippen LogP contribution < -0.4 is 0 Å². The summed E-state index contributed by atoms with van der Waals surface area (Å²) in [5.41, 5.74) is 5.17. The van der Waals surface area contributed by atoms with Gasteiger partial charge < -0.3 is 10.1 Å². The number of H-pyrrole nitrogens is 1. The lowest BCUT2D eigenvalue weighted by Crippen LogP contribution is -1.82. The van der Waals surface area contributed by atoms with Crippen molar-refractivity contribution in [2.75, 3.05) is 0 Å². The number of benzene rings is 2. The van der Waals surface area contributed by atoms with Crippen LogP contribution in [0.5, 0.6) is 5.75 Å². The van der Waals surface area contributed by atoms with E-state index < -0.39 is 0 Å². The van der Waals surface area contributed by atoms with Crippen LogP contribution in [0.4, 0.5) is 0 Å². The molecule has 3 heteroatoms. The van der Waals surface area contributed by atoms with Crippen molar-refractivity contribution in [1.29, 1.82) is 0 Å². The third-order valence-corrected chi connectivity index (χ3v) is 3.42. The molecule has 0 aliphatic heterocycles. The van der Waals surface area contributed by atoms with Gasteiger partial charge in [-0.2, -0.15) is 0 Å². The number of imidazole rings is 1. The van der Waals surface area contributed by atoms with E-state index in [1.807, 2.05) is 25.1 Å². The summed E-state index contributed by atoms with van der Waals surface area (Å²) in [6.45, 7) is 4.03. The first kappa shape index (κ1) is 11.8. The molecular formula is C16H16N2O. The molecule has 0 saturated carbocycles. The molecule has 0 aliphatic rings. The van der Waals surface area contributed by atoms with Crippen LogP contribution >= 0.6 is 0 Å². The van der Waals surface area contributed by atoms with Crippen molar-refractivity contribution in [3.8, 4) is 17.1 Å². The van der Waals surface area contributed by atoms with Gasteiger partial charge in [0, 0.05) is 5.56 Å². The Morgan fingerprint density at radius 1 is 1.16 bits per heavy atom. The summed E-state index contributed by atoms with van der Waals surface area (Å²) in [5, 5.41) is 9.57. The molecule has 3 nitrogen and oxygen atoms in total. The standard InChI is InChI=1S/C16H16N2O/c1-3-11-4-6-13-14(9-11)18-16(17-13)12-5-7-15(19)10(2)8-12/h4-9,19H,3H2,1-2H3,(H,17,18). The second-order valence-corrected chi connectivity index (χ2v) is 4.79. The number of aromatic nitrogens is 2. The van der Waals surface area contributed by atoms with Crippen LogP contribution in [-0.2, 0) is 6.42 Å². The molecule has 0 saturated heterocycles. The van der Waals surface area contributed by atoms with E-state index in [-0.39, 0.29) is 0 Å². The predicted octanol–water partition coefficient (Wildman–Crippen LogP) is 3.81. The Hall–Kier alpha value is -2.29. The number of hydrogen-bond donors (Lipinski definition) is 2. The quantitative estimate of drug-likeness (QED) is 0.728. The highest BCUT2D eigenvalue weighted by Gasteiger charge is 2.07. The van der Waals surface area contributed by atoms with E-state index in [9.17, 15) is 5.11 Å². The summed E-state index contributed by atoms with van der Waals surface area (Å²) in [4.78, 5) is 7.93. The van der Waals surface area contributed by atoms with Gasteiger partial charge in [-0.1, -0.05) is 13.0 Å². The molecule has 3 rings (SSSR count). The highest BCUT2D eigenvalue weighted by atomic mass is 16.3. The van der Waals surface area contributed by atoms with Crippen LogP contribution in [0.1, 0.15) is 18.1 Å². The first-order chi connectivity index (χ1) is 9.17. The van der Waals surface area contributed by atoms with E-state index in [1.165, 1.54) is 5.56 Å². The third-order valence-electron chi connectivity index (χ3n) is 3.42. The Bertz CT molecular complexity index is 744. The monoisotopic (exact) mass is 252 g/mol. The number of aromatic amines is 1. The van der Waals surface area contributed by atoms with E-state index >= 15 is 0 Å². The predicted molar refractivity (Wildman–Crippen MR) is 77.3 cm³/mol. The Morgan fingerprint density at radius 2 is 2.00 bits per heavy atom. The molecule has 19 heavy (non-hydrogen) atoms. The van der Waals surface area contributed by atoms with Crippen molar-refractivity contribution in [1.82, 2.24) is 9.97 Å². The number of aromatic hydroxyl groups is 1. The van der Waals surface area contributed by atoms with Gasteiger partial charge in [-0.05, 0) is 54.8 Å². The van der Waals surface area contributed by atoms with Crippen molar-refractivity contribution in [3.63, 3.8) is 0 Å². The lowest BCUT2D eigenvalue weighted by molar-refractivity contribution is 0.471. The molecule has 1 heterocycles. The van der Waals surface area contributed by atoms with Gasteiger partial charge in [0.2, 0.25) is 0 Å². The van der Waals surface area contributed by atoms with Gasteiger partial charge in [0.05, 0.1) is 11.0 Å². The fraction of sp³-hybridized carbons (Fsp3) is 0.188. The van der Waals surface area contributed by atoms with E-state index in [2.05, 4.69) is 29.0 Å². The number of phenolic OH excluding ortho intramolecular Hbond substituents is 1. The largest absolute Gasteiger partial charge is 0.508 e. The maximum atomic E-state index is 9.57. The van der Waals surface area contributed by atoms with Gasteiger partial charge in [-0.25, -0.2) is 4.98 Å². The van der Waals surface area contributed by atoms with Gasteiger partial charge in [0.15, 0.2) is 0 Å². The summed E-state index contributed by atoms with van der Waals surface area (Å²) in [6.07, 6.45) is 1.02. The molecule has 0 fully saturated rings. The van der Waals surface area contributed by atoms with Crippen molar-refractivity contribution < 1.29 is 5.11 Å². The minimum absolute atomic E-state index is 0.313. The first-order valence-electron chi connectivity index (χ1n) is 6.46. The van der Waals surface area contributed by atoms with E-state index in [1.54, 1.807) is 6.07 Å². The van der Waals surface area contributed by atoms with Crippen molar-refractivity contribution in [2.45, 2.75) is 20.3 Å². The zero-order valence-electron chi connectivity index (χ0n) is 11.1. The Labute approximate surface area is 111 Å². The Balaban J connectivity index is 2.11. The SMILES string of the molecule is CCc1ccc2nc(-c3ccc(O)c(C)c3)[nH]c2c1. The molecule has 0 radical (unpaired) electrons. The zero-order valence-corrected chi connectivity index (χ0v) is 11.1. The molecule has 2 N–H and O–H groups in total. The molecule has 0 unspecified atom stereocenters. The molecule has 1 aromatic heterocycles. The van der Waals surface area contributed by atoms with Crippen LogP contribution in [0, 0.1) is 6.92 Å². The van der Waals surface area contributed by atoms with Crippen LogP contribution in [0.2, 0.25) is 0 Å². The van der Waals surface area contributed by atoms with Crippen LogP contribution in [0.3, 0.4) is 0 Å². The number of aryl methyl sites for hydroxylation is 2. The number of phenols is 1. The van der Waals surface area contributed by atoms with Crippen molar-refractivity contribution >= 4 is 11.0 Å². The second kappa shape index (κ2) is 4.43. The number of fused-ring (bicyclic) bond motifs is 1. The van der Waals surface area contributed by atoms with Crippen LogP contribution in [0.15, 0.2) is 36.4 Å². The minimum atomic E-state index is 0.313. The maximum Gasteiger partial charge on any atom is 0.138 e. The number of nitrogens with zero attached hydrogens (tertiary/aromatic N) is 1. The summed E-state index contributed by atoms with van der Waals surface area (Å²) < 4.78 is 0. The van der Waals surface area contributed by atoms with Crippen molar-refractivity contribution in [3.05, 3.63) is 47.5 Å². The molecule has 0 aliphatic carbocycles. The van der Waals surface area contributed by atoms with Crippen molar-refractivity contribution in [2.24, 2.45) is 0 Å². The fourth-order valence-corrected chi connectivity index (χ4v) is 2.22. The molecule has 0 bridgehead atoms. The molecule has 96 valence electrons.